The molecule has 1 aliphatic carbocycles. The molecule has 0 saturated heterocycles. The molecule has 1 aliphatic rings. The second-order valence-electron chi connectivity index (χ2n) is 5.90. The van der Waals surface area contributed by atoms with Crippen LogP contribution in [0, 0.1) is 5.92 Å². The van der Waals surface area contributed by atoms with Crippen molar-refractivity contribution >= 4 is 6.08 Å². The zero-order chi connectivity index (χ0) is 13.6. The van der Waals surface area contributed by atoms with Gasteiger partial charge in [-0.2, -0.15) is 4.99 Å². The highest BCUT2D eigenvalue weighted by atomic mass is 16.1. The number of allylic oxidation sites excluding steroid dienone is 4. The van der Waals surface area contributed by atoms with Crippen LogP contribution in [0.1, 0.15) is 59.8 Å². The Hall–Kier alpha value is -1.14. The lowest BCUT2D eigenvalue weighted by molar-refractivity contribution is 0.258. The Morgan fingerprint density at radius 1 is 1.61 bits per heavy atom. The first-order valence-electron chi connectivity index (χ1n) is 6.86. The van der Waals surface area contributed by atoms with Crippen LogP contribution in [0.5, 0.6) is 0 Å². The van der Waals surface area contributed by atoms with E-state index < -0.39 is 0 Å². The van der Waals surface area contributed by atoms with Gasteiger partial charge in [0.2, 0.25) is 6.08 Å². The summed E-state index contributed by atoms with van der Waals surface area (Å²) in [7, 11) is 0. The van der Waals surface area contributed by atoms with E-state index in [1.165, 1.54) is 11.1 Å². The van der Waals surface area contributed by atoms with Gasteiger partial charge in [0.1, 0.15) is 0 Å². The largest absolute Gasteiger partial charge is 0.235 e. The molecule has 0 aromatic heterocycles. The topological polar surface area (TPSA) is 29.4 Å². The van der Waals surface area contributed by atoms with Crippen LogP contribution < -0.4 is 0 Å². The van der Waals surface area contributed by atoms with E-state index in [2.05, 4.69) is 44.8 Å². The summed E-state index contributed by atoms with van der Waals surface area (Å²) in [5.74, 6) is 0.480. The molecule has 0 saturated carbocycles. The zero-order valence-corrected chi connectivity index (χ0v) is 12.1. The molecule has 0 fully saturated rings. The van der Waals surface area contributed by atoms with E-state index in [9.17, 15) is 4.79 Å². The van der Waals surface area contributed by atoms with E-state index in [0.29, 0.717) is 5.92 Å². The van der Waals surface area contributed by atoms with Gasteiger partial charge in [0, 0.05) is 0 Å². The van der Waals surface area contributed by atoms with Gasteiger partial charge in [0.05, 0.1) is 5.54 Å². The number of carbonyl (C=O) groups excluding carboxylic acids is 1. The molecule has 2 nitrogen and oxygen atoms in total. The van der Waals surface area contributed by atoms with Crippen molar-refractivity contribution in [2.45, 2.75) is 65.3 Å². The lowest BCUT2D eigenvalue weighted by Gasteiger charge is -2.34. The second kappa shape index (κ2) is 6.70. The molecule has 0 bridgehead atoms. The van der Waals surface area contributed by atoms with Crippen LogP contribution in [0.3, 0.4) is 0 Å². The van der Waals surface area contributed by atoms with Crippen LogP contribution >= 0.6 is 0 Å². The molecule has 1 rings (SSSR count). The number of hydrogen-bond acceptors (Lipinski definition) is 2. The molecular formula is C16H25NO. The Morgan fingerprint density at radius 2 is 2.33 bits per heavy atom. The van der Waals surface area contributed by atoms with Crippen LogP contribution in [-0.4, -0.2) is 11.6 Å². The molecule has 2 atom stereocenters. The minimum absolute atomic E-state index is 0.245. The van der Waals surface area contributed by atoms with Crippen LogP contribution in [0.2, 0.25) is 0 Å². The van der Waals surface area contributed by atoms with Crippen molar-refractivity contribution in [2.75, 3.05) is 0 Å². The fourth-order valence-electron chi connectivity index (χ4n) is 2.64. The summed E-state index contributed by atoms with van der Waals surface area (Å²) in [5.41, 5.74) is 2.55. The van der Waals surface area contributed by atoms with Gasteiger partial charge in [-0.3, -0.25) is 0 Å². The molecule has 0 amide bonds. The monoisotopic (exact) mass is 247 g/mol. The Morgan fingerprint density at radius 3 is 2.83 bits per heavy atom. The van der Waals surface area contributed by atoms with Crippen molar-refractivity contribution in [2.24, 2.45) is 10.9 Å². The first-order chi connectivity index (χ1) is 8.48. The van der Waals surface area contributed by atoms with Crippen molar-refractivity contribution in [3.63, 3.8) is 0 Å². The maximum absolute atomic E-state index is 10.7. The molecule has 0 aromatic rings. The van der Waals surface area contributed by atoms with Gasteiger partial charge < -0.3 is 0 Å². The standard InChI is InChI=1S/C16H25NO/c1-13(2)6-5-11-16(4,17-12-18)15-9-7-14(3)8-10-15/h6-7,15H,5,8-11H2,1-4H3/t15-,16+/m1/s1. The van der Waals surface area contributed by atoms with Crippen molar-refractivity contribution < 1.29 is 4.79 Å². The fourth-order valence-corrected chi connectivity index (χ4v) is 2.64. The molecule has 2 heteroatoms. The average molecular weight is 247 g/mol. The van der Waals surface area contributed by atoms with Crippen LogP contribution in [0.15, 0.2) is 28.3 Å². The summed E-state index contributed by atoms with van der Waals surface area (Å²) < 4.78 is 0. The zero-order valence-electron chi connectivity index (χ0n) is 12.1. The minimum atomic E-state index is -0.245. The SMILES string of the molecule is CC(C)=CCC[C@](C)(N=C=O)[C@@H]1CC=C(C)CC1. The third-order valence-corrected chi connectivity index (χ3v) is 4.02. The lowest BCUT2D eigenvalue weighted by atomic mass is 9.74. The quantitative estimate of drug-likeness (QED) is 0.397. The third-order valence-electron chi connectivity index (χ3n) is 4.02. The Balaban J connectivity index is 2.74. The highest BCUT2D eigenvalue weighted by Crippen LogP contribution is 2.37. The summed E-state index contributed by atoms with van der Waals surface area (Å²) in [6, 6.07) is 0. The average Bonchev–Trinajstić information content (AvgIpc) is 2.29. The van der Waals surface area contributed by atoms with Crippen LogP contribution in [0.25, 0.3) is 0 Å². The molecule has 0 spiro atoms. The number of aliphatic imine (C=N–C) groups is 1. The van der Waals surface area contributed by atoms with Crippen molar-refractivity contribution in [1.82, 2.24) is 0 Å². The van der Waals surface area contributed by atoms with E-state index in [1.807, 2.05) is 0 Å². The highest BCUT2D eigenvalue weighted by Gasteiger charge is 2.33. The number of rotatable bonds is 5. The van der Waals surface area contributed by atoms with Gasteiger partial charge >= 0.3 is 0 Å². The van der Waals surface area contributed by atoms with Gasteiger partial charge in [-0.25, -0.2) is 4.79 Å². The summed E-state index contributed by atoms with van der Waals surface area (Å²) in [6.07, 6.45) is 11.6. The summed E-state index contributed by atoms with van der Waals surface area (Å²) in [6.45, 7) is 8.50. The first kappa shape index (κ1) is 14.9. The van der Waals surface area contributed by atoms with Gasteiger partial charge in [0.15, 0.2) is 0 Å². The molecule has 0 aliphatic heterocycles. The van der Waals surface area contributed by atoms with Crippen molar-refractivity contribution in [1.29, 1.82) is 0 Å². The van der Waals surface area contributed by atoms with Crippen LogP contribution in [0.4, 0.5) is 0 Å². The van der Waals surface area contributed by atoms with Crippen molar-refractivity contribution in [3.05, 3.63) is 23.3 Å². The fraction of sp³-hybridized carbons (Fsp3) is 0.688. The second-order valence-corrected chi connectivity index (χ2v) is 5.90. The molecule has 0 N–H and O–H groups in total. The molecule has 100 valence electrons. The molecule has 0 aromatic carbocycles. The maximum Gasteiger partial charge on any atom is 0.235 e. The Bertz CT molecular complexity index is 384. The smallest absolute Gasteiger partial charge is 0.211 e. The lowest BCUT2D eigenvalue weighted by Crippen LogP contribution is -2.33. The summed E-state index contributed by atoms with van der Waals surface area (Å²) in [5, 5.41) is 0. The van der Waals surface area contributed by atoms with Gasteiger partial charge in [-0.1, -0.05) is 23.3 Å². The first-order valence-corrected chi connectivity index (χ1v) is 6.86. The predicted octanol–water partition coefficient (Wildman–Crippen LogP) is 4.57. The van der Waals surface area contributed by atoms with Gasteiger partial charge in [-0.05, 0) is 65.7 Å². The number of isocyanates is 1. The molecular weight excluding hydrogens is 222 g/mol. The van der Waals surface area contributed by atoms with E-state index in [-0.39, 0.29) is 5.54 Å². The minimum Gasteiger partial charge on any atom is -0.211 e. The van der Waals surface area contributed by atoms with Crippen LogP contribution in [-0.2, 0) is 4.79 Å². The molecule has 0 unspecified atom stereocenters. The number of hydrogen-bond donors (Lipinski definition) is 0. The number of nitrogens with zero attached hydrogens (tertiary/aromatic N) is 1. The Labute approximate surface area is 111 Å². The molecule has 18 heavy (non-hydrogen) atoms. The highest BCUT2D eigenvalue weighted by molar-refractivity contribution is 5.35. The molecule has 0 heterocycles. The van der Waals surface area contributed by atoms with E-state index in [1.54, 1.807) is 6.08 Å². The van der Waals surface area contributed by atoms with E-state index in [4.69, 9.17) is 0 Å². The normalized spacial score (nSPS) is 22.4. The predicted molar refractivity (Wildman–Crippen MR) is 76.3 cm³/mol. The molecule has 0 radical (unpaired) electrons. The van der Waals surface area contributed by atoms with Crippen molar-refractivity contribution in [3.8, 4) is 0 Å². The van der Waals surface area contributed by atoms with Gasteiger partial charge in [0.25, 0.3) is 0 Å². The Kier molecular flexibility index (Phi) is 5.55. The van der Waals surface area contributed by atoms with Gasteiger partial charge in [-0.15, -0.1) is 0 Å². The summed E-state index contributed by atoms with van der Waals surface area (Å²) >= 11 is 0. The van der Waals surface area contributed by atoms with E-state index in [0.717, 1.165) is 32.1 Å². The summed E-state index contributed by atoms with van der Waals surface area (Å²) in [4.78, 5) is 14.8. The maximum atomic E-state index is 10.7. The third kappa shape index (κ3) is 4.27. The van der Waals surface area contributed by atoms with E-state index >= 15 is 0 Å².